The SMILES string of the molecule is CN1C=C(c2cc(S(C)(=O)=O)ccc2OCC2CC2)N2C=NNC2C1=O. The highest BCUT2D eigenvalue weighted by molar-refractivity contribution is 7.90. The van der Waals surface area contributed by atoms with Gasteiger partial charge < -0.3 is 9.64 Å². The summed E-state index contributed by atoms with van der Waals surface area (Å²) in [5, 5.41) is 3.98. The average molecular weight is 376 g/mol. The predicted molar refractivity (Wildman–Crippen MR) is 95.8 cm³/mol. The second kappa shape index (κ2) is 6.01. The van der Waals surface area contributed by atoms with Gasteiger partial charge in [-0.15, -0.1) is 0 Å². The zero-order valence-corrected chi connectivity index (χ0v) is 15.4. The van der Waals surface area contributed by atoms with Crippen LogP contribution in [0, 0.1) is 5.92 Å². The van der Waals surface area contributed by atoms with E-state index in [4.69, 9.17) is 4.74 Å². The molecule has 1 saturated carbocycles. The molecule has 1 unspecified atom stereocenters. The highest BCUT2D eigenvalue weighted by Gasteiger charge is 2.37. The van der Waals surface area contributed by atoms with Crippen molar-refractivity contribution in [1.29, 1.82) is 0 Å². The molecule has 0 radical (unpaired) electrons. The molecule has 0 aromatic heterocycles. The van der Waals surface area contributed by atoms with Crippen LogP contribution in [-0.4, -0.2) is 56.5 Å². The molecular formula is C17H20N4O4S. The Labute approximate surface area is 152 Å². The van der Waals surface area contributed by atoms with Crippen molar-refractivity contribution in [2.45, 2.75) is 23.9 Å². The Morgan fingerprint density at radius 2 is 2.12 bits per heavy atom. The van der Waals surface area contributed by atoms with E-state index < -0.39 is 16.0 Å². The van der Waals surface area contributed by atoms with E-state index in [1.165, 1.54) is 17.5 Å². The molecule has 9 heteroatoms. The van der Waals surface area contributed by atoms with Crippen LogP contribution in [0.3, 0.4) is 0 Å². The van der Waals surface area contributed by atoms with Crippen molar-refractivity contribution in [3.63, 3.8) is 0 Å². The molecule has 0 bridgehead atoms. The summed E-state index contributed by atoms with van der Waals surface area (Å²) >= 11 is 0. The lowest BCUT2D eigenvalue weighted by Crippen LogP contribution is -2.51. The quantitative estimate of drug-likeness (QED) is 0.818. The van der Waals surface area contributed by atoms with Crippen molar-refractivity contribution in [3.05, 3.63) is 30.0 Å². The van der Waals surface area contributed by atoms with E-state index in [2.05, 4.69) is 10.5 Å². The third kappa shape index (κ3) is 3.03. The number of nitrogens with one attached hydrogen (secondary N) is 1. The third-order valence-corrected chi connectivity index (χ3v) is 5.77. The molecule has 138 valence electrons. The smallest absolute Gasteiger partial charge is 0.271 e. The number of fused-ring (bicyclic) bond motifs is 1. The molecule has 1 aromatic carbocycles. The van der Waals surface area contributed by atoms with Crippen LogP contribution in [0.4, 0.5) is 0 Å². The molecule has 2 heterocycles. The number of hydrogen-bond acceptors (Lipinski definition) is 7. The summed E-state index contributed by atoms with van der Waals surface area (Å²) < 4.78 is 30.0. The van der Waals surface area contributed by atoms with E-state index in [-0.39, 0.29) is 10.8 Å². The molecule has 1 N–H and O–H groups in total. The molecule has 0 saturated heterocycles. The highest BCUT2D eigenvalue weighted by Crippen LogP contribution is 2.36. The summed E-state index contributed by atoms with van der Waals surface area (Å²) in [6.07, 6.45) is 6.03. The van der Waals surface area contributed by atoms with Gasteiger partial charge in [-0.2, -0.15) is 5.10 Å². The summed E-state index contributed by atoms with van der Waals surface area (Å²) in [6, 6.07) is 4.82. The van der Waals surface area contributed by atoms with Crippen LogP contribution in [0.2, 0.25) is 0 Å². The highest BCUT2D eigenvalue weighted by atomic mass is 32.2. The number of hydrogen-bond donors (Lipinski definition) is 1. The van der Waals surface area contributed by atoms with Crippen LogP contribution >= 0.6 is 0 Å². The zero-order valence-electron chi connectivity index (χ0n) is 14.5. The Kier molecular flexibility index (Phi) is 3.91. The van der Waals surface area contributed by atoms with Gasteiger partial charge in [0.2, 0.25) is 6.17 Å². The Morgan fingerprint density at radius 1 is 1.35 bits per heavy atom. The number of hydrazone groups is 1. The molecule has 1 fully saturated rings. The maximum atomic E-state index is 12.3. The maximum Gasteiger partial charge on any atom is 0.271 e. The number of likely N-dealkylation sites (N-methyl/N-ethyl adjacent to an activating group) is 1. The molecular weight excluding hydrogens is 356 g/mol. The van der Waals surface area contributed by atoms with Crippen LogP contribution in [-0.2, 0) is 14.6 Å². The van der Waals surface area contributed by atoms with Crippen molar-refractivity contribution in [2.24, 2.45) is 11.0 Å². The minimum absolute atomic E-state index is 0.147. The zero-order chi connectivity index (χ0) is 18.5. The van der Waals surface area contributed by atoms with Gasteiger partial charge in [0.1, 0.15) is 12.1 Å². The third-order valence-electron chi connectivity index (χ3n) is 4.66. The summed E-state index contributed by atoms with van der Waals surface area (Å²) in [4.78, 5) is 15.6. The second-order valence-corrected chi connectivity index (χ2v) is 8.85. The number of amides is 1. The monoisotopic (exact) mass is 376 g/mol. The van der Waals surface area contributed by atoms with E-state index in [1.54, 1.807) is 36.3 Å². The number of carbonyl (C=O) groups is 1. The topological polar surface area (TPSA) is 91.3 Å². The molecule has 1 aromatic rings. The van der Waals surface area contributed by atoms with Crippen LogP contribution in [0.15, 0.2) is 34.4 Å². The second-order valence-electron chi connectivity index (χ2n) is 6.83. The molecule has 1 aliphatic carbocycles. The molecule has 8 nitrogen and oxygen atoms in total. The molecule has 2 aliphatic heterocycles. The summed E-state index contributed by atoms with van der Waals surface area (Å²) in [7, 11) is -1.72. The minimum atomic E-state index is -3.38. The van der Waals surface area contributed by atoms with E-state index in [1.807, 2.05) is 0 Å². The lowest BCUT2D eigenvalue weighted by atomic mass is 10.1. The standard InChI is InChI=1S/C17H20N4O4S/c1-20-8-14(21-10-18-19-16(21)17(20)22)13-7-12(26(2,23)24)5-6-15(13)25-9-11-3-4-11/h5-8,10-11,16,19H,3-4,9H2,1-2H3. The maximum absolute atomic E-state index is 12.3. The number of sulfone groups is 1. The van der Waals surface area contributed by atoms with Crippen molar-refractivity contribution >= 4 is 27.8 Å². The number of rotatable bonds is 5. The van der Waals surface area contributed by atoms with Crippen LogP contribution < -0.4 is 10.2 Å². The molecule has 1 atom stereocenters. The van der Waals surface area contributed by atoms with E-state index in [0.717, 1.165) is 12.8 Å². The molecule has 3 aliphatic rings. The number of carbonyl (C=O) groups excluding carboxylic acids is 1. The molecule has 26 heavy (non-hydrogen) atoms. The van der Waals surface area contributed by atoms with Gasteiger partial charge in [0, 0.05) is 25.1 Å². The molecule has 0 spiro atoms. The van der Waals surface area contributed by atoms with Gasteiger partial charge in [0.05, 0.1) is 17.2 Å². The first-order valence-electron chi connectivity index (χ1n) is 8.37. The number of benzene rings is 1. The fourth-order valence-electron chi connectivity index (χ4n) is 2.94. The van der Waals surface area contributed by atoms with Crippen molar-refractivity contribution in [1.82, 2.24) is 15.2 Å². The first-order chi connectivity index (χ1) is 12.3. The lowest BCUT2D eigenvalue weighted by molar-refractivity contribution is -0.132. The Morgan fingerprint density at radius 3 is 2.81 bits per heavy atom. The minimum Gasteiger partial charge on any atom is -0.493 e. The normalized spacial score (nSPS) is 22.2. The Balaban J connectivity index is 1.80. The largest absolute Gasteiger partial charge is 0.493 e. The van der Waals surface area contributed by atoms with Crippen molar-refractivity contribution in [3.8, 4) is 5.75 Å². The van der Waals surface area contributed by atoms with Crippen molar-refractivity contribution in [2.75, 3.05) is 19.9 Å². The number of ether oxygens (including phenoxy) is 1. The van der Waals surface area contributed by atoms with E-state index >= 15 is 0 Å². The lowest BCUT2D eigenvalue weighted by Gasteiger charge is -2.34. The van der Waals surface area contributed by atoms with Gasteiger partial charge >= 0.3 is 0 Å². The van der Waals surface area contributed by atoms with Crippen LogP contribution in [0.5, 0.6) is 5.75 Å². The van der Waals surface area contributed by atoms with Crippen LogP contribution in [0.1, 0.15) is 18.4 Å². The summed E-state index contributed by atoms with van der Waals surface area (Å²) in [5.41, 5.74) is 4.04. The van der Waals surface area contributed by atoms with Gasteiger partial charge in [-0.3, -0.25) is 15.1 Å². The number of nitrogens with zero attached hydrogens (tertiary/aromatic N) is 3. The average Bonchev–Trinajstić information content (AvgIpc) is 3.29. The van der Waals surface area contributed by atoms with E-state index in [0.29, 0.717) is 29.5 Å². The fraction of sp³-hybridized carbons (Fsp3) is 0.412. The Bertz CT molecular complexity index is 921. The van der Waals surface area contributed by atoms with E-state index in [9.17, 15) is 13.2 Å². The van der Waals surface area contributed by atoms with Crippen LogP contribution in [0.25, 0.3) is 5.70 Å². The first kappa shape index (κ1) is 16.9. The van der Waals surface area contributed by atoms with Crippen molar-refractivity contribution < 1.29 is 17.9 Å². The van der Waals surface area contributed by atoms with Gasteiger partial charge in [-0.1, -0.05) is 0 Å². The first-order valence-corrected chi connectivity index (χ1v) is 10.3. The predicted octanol–water partition coefficient (Wildman–Crippen LogP) is 0.824. The molecule has 4 rings (SSSR count). The fourth-order valence-corrected chi connectivity index (χ4v) is 3.59. The van der Waals surface area contributed by atoms with Gasteiger partial charge in [-0.25, -0.2) is 8.42 Å². The van der Waals surface area contributed by atoms with Gasteiger partial charge in [0.25, 0.3) is 5.91 Å². The summed E-state index contributed by atoms with van der Waals surface area (Å²) in [5.74, 6) is 1.01. The molecule has 1 amide bonds. The van der Waals surface area contributed by atoms with Gasteiger partial charge in [-0.05, 0) is 37.0 Å². The summed E-state index contributed by atoms with van der Waals surface area (Å²) in [6.45, 7) is 0.600. The van der Waals surface area contributed by atoms with Gasteiger partial charge in [0.15, 0.2) is 9.84 Å². The Hall–Kier alpha value is -2.55.